The summed E-state index contributed by atoms with van der Waals surface area (Å²) >= 11 is 6.20. The van der Waals surface area contributed by atoms with Crippen LogP contribution in [0, 0.1) is 0 Å². The van der Waals surface area contributed by atoms with Crippen LogP contribution in [0.4, 0.5) is 5.69 Å². The van der Waals surface area contributed by atoms with Crippen LogP contribution in [0.1, 0.15) is 24.4 Å². The first-order chi connectivity index (χ1) is 11.7. The molecule has 1 N–H and O–H groups in total. The number of anilines is 1. The summed E-state index contributed by atoms with van der Waals surface area (Å²) < 4.78 is 11.5. The molecule has 2 aromatic carbocycles. The minimum Gasteiger partial charge on any atom is -0.491 e. The summed E-state index contributed by atoms with van der Waals surface area (Å²) in [4.78, 5) is 0. The summed E-state index contributed by atoms with van der Waals surface area (Å²) in [6, 6.07) is 13.3. The number of ether oxygens (including phenoxy) is 1. The van der Waals surface area contributed by atoms with Gasteiger partial charge in [-0.15, -0.1) is 10.2 Å². The summed E-state index contributed by atoms with van der Waals surface area (Å²) in [5, 5.41) is 12.3. The van der Waals surface area contributed by atoms with E-state index in [1.807, 2.05) is 49.4 Å². The van der Waals surface area contributed by atoms with Crippen molar-refractivity contribution in [3.05, 3.63) is 58.9 Å². The quantitative estimate of drug-likeness (QED) is 0.757. The van der Waals surface area contributed by atoms with Gasteiger partial charge in [-0.2, -0.15) is 0 Å². The Bertz CT molecular complexity index is 864. The predicted molar refractivity (Wildman–Crippen MR) is 92.4 cm³/mol. The predicted octanol–water partition coefficient (Wildman–Crippen LogP) is 4.50. The lowest BCUT2D eigenvalue weighted by Crippen LogP contribution is -2.08. The van der Waals surface area contributed by atoms with Gasteiger partial charge < -0.3 is 14.5 Å². The third kappa shape index (κ3) is 2.83. The maximum Gasteiger partial charge on any atom is 0.247 e. The van der Waals surface area contributed by atoms with Crippen molar-refractivity contribution in [2.75, 3.05) is 11.9 Å². The lowest BCUT2D eigenvalue weighted by atomic mass is 10.1. The zero-order valence-corrected chi connectivity index (χ0v) is 13.9. The first-order valence-electron chi connectivity index (χ1n) is 7.81. The number of aromatic nitrogens is 2. The van der Waals surface area contributed by atoms with Gasteiger partial charge in [0, 0.05) is 22.6 Å². The topological polar surface area (TPSA) is 60.2 Å². The van der Waals surface area contributed by atoms with Gasteiger partial charge in [-0.05, 0) is 31.2 Å². The molecular weight excluding hydrogens is 326 g/mol. The van der Waals surface area contributed by atoms with Crippen LogP contribution >= 0.6 is 11.6 Å². The van der Waals surface area contributed by atoms with Gasteiger partial charge in [-0.1, -0.05) is 29.8 Å². The Kier molecular flexibility index (Phi) is 3.86. The Morgan fingerprint density at radius 1 is 1.17 bits per heavy atom. The lowest BCUT2D eigenvalue weighted by molar-refractivity contribution is 0.357. The molecule has 0 radical (unpaired) electrons. The van der Waals surface area contributed by atoms with E-state index >= 15 is 0 Å². The highest BCUT2D eigenvalue weighted by atomic mass is 35.5. The van der Waals surface area contributed by atoms with Gasteiger partial charge in [-0.25, -0.2) is 0 Å². The molecule has 1 aromatic heterocycles. The molecule has 0 aliphatic carbocycles. The van der Waals surface area contributed by atoms with E-state index in [1.54, 1.807) is 0 Å². The van der Waals surface area contributed by atoms with Gasteiger partial charge in [0.2, 0.25) is 11.8 Å². The van der Waals surface area contributed by atoms with Crippen LogP contribution in [0.3, 0.4) is 0 Å². The van der Waals surface area contributed by atoms with Crippen molar-refractivity contribution in [2.45, 2.75) is 19.4 Å². The molecule has 1 aliphatic heterocycles. The van der Waals surface area contributed by atoms with E-state index in [-0.39, 0.29) is 6.04 Å². The van der Waals surface area contributed by atoms with Crippen LogP contribution in [0.25, 0.3) is 11.5 Å². The number of fused-ring (bicyclic) bond motifs is 1. The van der Waals surface area contributed by atoms with Crippen LogP contribution in [0.5, 0.6) is 5.75 Å². The highest BCUT2D eigenvalue weighted by molar-refractivity contribution is 6.31. The molecule has 0 fully saturated rings. The summed E-state index contributed by atoms with van der Waals surface area (Å²) in [5.41, 5.74) is 2.87. The number of benzene rings is 2. The molecule has 4 rings (SSSR count). The number of hydrogen-bond donors (Lipinski definition) is 1. The van der Waals surface area contributed by atoms with Crippen molar-refractivity contribution in [2.24, 2.45) is 0 Å². The summed E-state index contributed by atoms with van der Waals surface area (Å²) in [6.07, 6.45) is 0.873. The van der Waals surface area contributed by atoms with E-state index in [1.165, 1.54) is 0 Å². The molecule has 3 aromatic rings. The first-order valence-corrected chi connectivity index (χ1v) is 8.19. The van der Waals surface area contributed by atoms with E-state index < -0.39 is 0 Å². The number of hydrogen-bond acceptors (Lipinski definition) is 5. The second kappa shape index (κ2) is 6.17. The fraction of sp³-hybridized carbons (Fsp3) is 0.222. The largest absolute Gasteiger partial charge is 0.491 e. The highest BCUT2D eigenvalue weighted by Gasteiger charge is 2.21. The van der Waals surface area contributed by atoms with E-state index in [9.17, 15) is 0 Å². The molecule has 122 valence electrons. The van der Waals surface area contributed by atoms with Crippen molar-refractivity contribution in [1.82, 2.24) is 10.2 Å². The fourth-order valence-corrected chi connectivity index (χ4v) is 3.02. The van der Waals surface area contributed by atoms with Crippen LogP contribution in [0.15, 0.2) is 46.9 Å². The Morgan fingerprint density at radius 3 is 2.83 bits per heavy atom. The maximum atomic E-state index is 6.20. The van der Waals surface area contributed by atoms with Crippen molar-refractivity contribution in [3.63, 3.8) is 0 Å². The van der Waals surface area contributed by atoms with Gasteiger partial charge in [0.05, 0.1) is 12.3 Å². The van der Waals surface area contributed by atoms with Gasteiger partial charge in [0.1, 0.15) is 11.8 Å². The Labute approximate surface area is 144 Å². The summed E-state index contributed by atoms with van der Waals surface area (Å²) in [7, 11) is 0. The molecular formula is C18H16ClN3O2. The van der Waals surface area contributed by atoms with E-state index in [2.05, 4.69) is 15.5 Å². The van der Waals surface area contributed by atoms with Crippen LogP contribution in [0.2, 0.25) is 5.02 Å². The minimum atomic E-state index is -0.165. The third-order valence-electron chi connectivity index (χ3n) is 3.95. The Balaban J connectivity index is 1.58. The zero-order valence-electron chi connectivity index (χ0n) is 13.1. The van der Waals surface area contributed by atoms with E-state index in [0.29, 0.717) is 23.4 Å². The van der Waals surface area contributed by atoms with Gasteiger partial charge in [0.25, 0.3) is 0 Å². The molecule has 6 heteroatoms. The molecule has 0 saturated heterocycles. The second-order valence-electron chi connectivity index (χ2n) is 5.72. The number of halogens is 1. The van der Waals surface area contributed by atoms with Crippen molar-refractivity contribution >= 4 is 17.3 Å². The molecule has 1 aliphatic rings. The molecule has 0 unspecified atom stereocenters. The molecule has 24 heavy (non-hydrogen) atoms. The second-order valence-corrected chi connectivity index (χ2v) is 6.15. The molecule has 0 spiro atoms. The number of rotatable bonds is 4. The third-order valence-corrected chi connectivity index (χ3v) is 4.17. The molecule has 5 nitrogen and oxygen atoms in total. The van der Waals surface area contributed by atoms with Crippen molar-refractivity contribution in [1.29, 1.82) is 0 Å². The van der Waals surface area contributed by atoms with E-state index in [0.717, 1.165) is 29.0 Å². The number of nitrogens with zero attached hydrogens (tertiary/aromatic N) is 2. The molecule has 0 bridgehead atoms. The highest BCUT2D eigenvalue weighted by Crippen LogP contribution is 2.38. The fourth-order valence-electron chi connectivity index (χ4n) is 2.78. The summed E-state index contributed by atoms with van der Waals surface area (Å²) in [6.45, 7) is 2.64. The lowest BCUT2D eigenvalue weighted by Gasteiger charge is -2.15. The van der Waals surface area contributed by atoms with Gasteiger partial charge >= 0.3 is 0 Å². The normalized spacial score (nSPS) is 14.1. The zero-order chi connectivity index (χ0) is 16.5. The smallest absolute Gasteiger partial charge is 0.247 e. The minimum absolute atomic E-state index is 0.165. The van der Waals surface area contributed by atoms with Crippen molar-refractivity contribution < 1.29 is 9.15 Å². The van der Waals surface area contributed by atoms with Gasteiger partial charge in [0.15, 0.2) is 0 Å². The van der Waals surface area contributed by atoms with Crippen LogP contribution in [-0.2, 0) is 6.42 Å². The number of nitrogens with one attached hydrogen (secondary N) is 1. The average Bonchev–Trinajstić information content (AvgIpc) is 3.24. The monoisotopic (exact) mass is 341 g/mol. The van der Waals surface area contributed by atoms with Gasteiger partial charge in [-0.3, -0.25) is 0 Å². The molecule has 0 amide bonds. The van der Waals surface area contributed by atoms with Crippen molar-refractivity contribution in [3.8, 4) is 17.2 Å². The van der Waals surface area contributed by atoms with E-state index in [4.69, 9.17) is 20.8 Å². The van der Waals surface area contributed by atoms with Crippen LogP contribution in [-0.4, -0.2) is 16.8 Å². The maximum absolute atomic E-state index is 6.20. The standard InChI is InChI=1S/C18H16ClN3O2/c1-11(17-21-22-18(24-17)12-5-3-2-4-6-12)20-15-10-14(19)9-13-7-8-23-16(13)15/h2-6,9-11,20H,7-8H2,1H3/t11-/m1/s1. The molecule has 0 saturated carbocycles. The Morgan fingerprint density at radius 2 is 2.00 bits per heavy atom. The Hall–Kier alpha value is -2.53. The summed E-state index contributed by atoms with van der Waals surface area (Å²) in [5.74, 6) is 1.88. The van der Waals surface area contributed by atoms with Crippen LogP contribution < -0.4 is 10.1 Å². The molecule has 1 atom stereocenters. The first kappa shape index (κ1) is 15.0. The molecule has 2 heterocycles. The SMILES string of the molecule is C[C@@H](Nc1cc(Cl)cc2c1OCC2)c1nnc(-c2ccccc2)o1. The average molecular weight is 342 g/mol.